The molecule has 0 fully saturated rings. The maximum atomic E-state index is 12.2. The van der Waals surface area contributed by atoms with Crippen LogP contribution in [-0.2, 0) is 4.79 Å². The molecule has 1 aliphatic rings. The number of benzene rings is 1. The van der Waals surface area contributed by atoms with Crippen molar-refractivity contribution < 1.29 is 9.53 Å². The predicted molar refractivity (Wildman–Crippen MR) is 77.0 cm³/mol. The molecule has 1 atom stereocenters. The standard InChI is InChI=1S/C15H15N3O2/c1-10-5-4-8-14(17-10)18-15(19)13-9-16-11-6-2-3-7-12(11)20-13/h2-8,13,16H,9H2,1H3,(H,17,18,19). The number of amides is 1. The third kappa shape index (κ3) is 2.56. The zero-order valence-electron chi connectivity index (χ0n) is 11.1. The van der Waals surface area contributed by atoms with Gasteiger partial charge in [0, 0.05) is 5.69 Å². The number of pyridine rings is 1. The Labute approximate surface area is 117 Å². The maximum absolute atomic E-state index is 12.2. The molecule has 1 amide bonds. The Bertz CT molecular complexity index is 643. The van der Waals surface area contributed by atoms with Crippen LogP contribution in [0.15, 0.2) is 42.5 Å². The molecule has 1 aromatic heterocycles. The number of nitrogens with one attached hydrogen (secondary N) is 2. The van der Waals surface area contributed by atoms with Crippen LogP contribution in [0, 0.1) is 6.92 Å². The highest BCUT2D eigenvalue weighted by atomic mass is 16.5. The molecule has 1 unspecified atom stereocenters. The van der Waals surface area contributed by atoms with Crippen molar-refractivity contribution in [3.63, 3.8) is 0 Å². The number of hydrogen-bond donors (Lipinski definition) is 2. The number of fused-ring (bicyclic) bond motifs is 1. The van der Waals surface area contributed by atoms with E-state index in [-0.39, 0.29) is 5.91 Å². The van der Waals surface area contributed by atoms with Gasteiger partial charge in [-0.3, -0.25) is 4.79 Å². The molecule has 5 heteroatoms. The fourth-order valence-corrected chi connectivity index (χ4v) is 2.08. The highest BCUT2D eigenvalue weighted by molar-refractivity contribution is 5.94. The van der Waals surface area contributed by atoms with Crippen LogP contribution in [0.4, 0.5) is 11.5 Å². The molecule has 1 aromatic carbocycles. The van der Waals surface area contributed by atoms with E-state index in [9.17, 15) is 4.79 Å². The molecule has 3 rings (SSSR count). The molecule has 5 nitrogen and oxygen atoms in total. The number of carbonyl (C=O) groups is 1. The summed E-state index contributed by atoms with van der Waals surface area (Å²) < 4.78 is 5.69. The Morgan fingerprint density at radius 1 is 1.30 bits per heavy atom. The molecule has 2 aromatic rings. The summed E-state index contributed by atoms with van der Waals surface area (Å²) in [5.41, 5.74) is 1.76. The van der Waals surface area contributed by atoms with Gasteiger partial charge in [-0.1, -0.05) is 18.2 Å². The summed E-state index contributed by atoms with van der Waals surface area (Å²) >= 11 is 0. The first-order chi connectivity index (χ1) is 9.72. The molecule has 2 N–H and O–H groups in total. The summed E-state index contributed by atoms with van der Waals surface area (Å²) in [6.45, 7) is 2.32. The Morgan fingerprint density at radius 2 is 2.15 bits per heavy atom. The van der Waals surface area contributed by atoms with Gasteiger partial charge >= 0.3 is 0 Å². The minimum atomic E-state index is -0.563. The second-order valence-corrected chi connectivity index (χ2v) is 4.64. The lowest BCUT2D eigenvalue weighted by molar-refractivity contribution is -0.122. The number of carbonyl (C=O) groups excluding carboxylic acids is 1. The van der Waals surface area contributed by atoms with Crippen molar-refractivity contribution in [3.8, 4) is 5.75 Å². The number of rotatable bonds is 2. The summed E-state index contributed by atoms with van der Waals surface area (Å²) in [5, 5.41) is 5.95. The van der Waals surface area contributed by atoms with Gasteiger partial charge in [0.2, 0.25) is 0 Å². The van der Waals surface area contributed by atoms with Crippen LogP contribution in [0.25, 0.3) is 0 Å². The van der Waals surface area contributed by atoms with Crippen LogP contribution in [0.3, 0.4) is 0 Å². The minimum absolute atomic E-state index is 0.204. The Hall–Kier alpha value is -2.56. The molecular weight excluding hydrogens is 254 g/mol. The number of aryl methyl sites for hydroxylation is 1. The largest absolute Gasteiger partial charge is 0.477 e. The summed E-state index contributed by atoms with van der Waals surface area (Å²) in [7, 11) is 0. The van der Waals surface area contributed by atoms with Crippen molar-refractivity contribution in [3.05, 3.63) is 48.2 Å². The number of anilines is 2. The molecule has 0 aliphatic carbocycles. The lowest BCUT2D eigenvalue weighted by atomic mass is 10.2. The van der Waals surface area contributed by atoms with Gasteiger partial charge in [0.05, 0.1) is 12.2 Å². The van der Waals surface area contributed by atoms with Gasteiger partial charge in [-0.15, -0.1) is 0 Å². The van der Waals surface area contributed by atoms with E-state index in [4.69, 9.17) is 4.74 Å². The summed E-state index contributed by atoms with van der Waals surface area (Å²) in [4.78, 5) is 16.4. The van der Waals surface area contributed by atoms with E-state index in [1.807, 2.05) is 43.3 Å². The normalized spacial score (nSPS) is 16.6. The van der Waals surface area contributed by atoms with Crippen LogP contribution in [-0.4, -0.2) is 23.5 Å². The lowest BCUT2D eigenvalue weighted by Gasteiger charge is -2.26. The smallest absolute Gasteiger partial charge is 0.268 e. The van der Waals surface area contributed by atoms with Gasteiger partial charge in [-0.25, -0.2) is 4.98 Å². The second kappa shape index (κ2) is 5.21. The Balaban J connectivity index is 1.70. The highest BCUT2D eigenvalue weighted by Crippen LogP contribution is 2.28. The van der Waals surface area contributed by atoms with Gasteiger partial charge < -0.3 is 15.4 Å². The molecular formula is C15H15N3O2. The second-order valence-electron chi connectivity index (χ2n) is 4.64. The third-order valence-electron chi connectivity index (χ3n) is 3.07. The molecule has 0 saturated carbocycles. The van der Waals surface area contributed by atoms with Crippen molar-refractivity contribution in [2.24, 2.45) is 0 Å². The van der Waals surface area contributed by atoms with Gasteiger partial charge in [-0.05, 0) is 31.2 Å². The summed E-state index contributed by atoms with van der Waals surface area (Å²) in [6.07, 6.45) is -0.563. The molecule has 2 heterocycles. The number of nitrogens with zero attached hydrogens (tertiary/aromatic N) is 1. The lowest BCUT2D eigenvalue weighted by Crippen LogP contribution is -2.41. The monoisotopic (exact) mass is 269 g/mol. The van der Waals surface area contributed by atoms with Gasteiger partial charge in [0.25, 0.3) is 5.91 Å². The Morgan fingerprint density at radius 3 is 3.00 bits per heavy atom. The zero-order chi connectivity index (χ0) is 13.9. The first-order valence-electron chi connectivity index (χ1n) is 6.46. The maximum Gasteiger partial charge on any atom is 0.268 e. The molecule has 102 valence electrons. The van der Waals surface area contributed by atoms with Crippen molar-refractivity contribution >= 4 is 17.4 Å². The van der Waals surface area contributed by atoms with Crippen LogP contribution in [0.1, 0.15) is 5.69 Å². The van der Waals surface area contributed by atoms with Gasteiger partial charge in [0.15, 0.2) is 6.10 Å². The summed E-state index contributed by atoms with van der Waals surface area (Å²) in [6, 6.07) is 13.1. The van der Waals surface area contributed by atoms with Crippen LogP contribution >= 0.6 is 0 Å². The van der Waals surface area contributed by atoms with Gasteiger partial charge in [-0.2, -0.15) is 0 Å². The van der Waals surface area contributed by atoms with E-state index in [0.29, 0.717) is 18.1 Å². The number of ether oxygens (including phenoxy) is 1. The molecule has 0 spiro atoms. The van der Waals surface area contributed by atoms with E-state index >= 15 is 0 Å². The van der Waals surface area contributed by atoms with Crippen molar-refractivity contribution in [1.29, 1.82) is 0 Å². The quantitative estimate of drug-likeness (QED) is 0.877. The van der Waals surface area contributed by atoms with E-state index in [2.05, 4.69) is 15.6 Å². The van der Waals surface area contributed by atoms with Crippen LogP contribution < -0.4 is 15.4 Å². The molecule has 0 bridgehead atoms. The van der Waals surface area contributed by atoms with Gasteiger partial charge in [0.1, 0.15) is 11.6 Å². The molecule has 20 heavy (non-hydrogen) atoms. The number of aromatic nitrogens is 1. The van der Waals surface area contributed by atoms with Crippen molar-refractivity contribution in [2.45, 2.75) is 13.0 Å². The molecule has 0 saturated heterocycles. The molecule has 1 aliphatic heterocycles. The highest BCUT2D eigenvalue weighted by Gasteiger charge is 2.25. The van der Waals surface area contributed by atoms with Crippen molar-refractivity contribution in [1.82, 2.24) is 4.98 Å². The zero-order valence-corrected chi connectivity index (χ0v) is 11.1. The van der Waals surface area contributed by atoms with Crippen molar-refractivity contribution in [2.75, 3.05) is 17.2 Å². The first kappa shape index (κ1) is 12.5. The van der Waals surface area contributed by atoms with E-state index in [1.165, 1.54) is 0 Å². The summed E-state index contributed by atoms with van der Waals surface area (Å²) in [5.74, 6) is 1.03. The van der Waals surface area contributed by atoms with E-state index in [1.54, 1.807) is 6.07 Å². The fraction of sp³-hybridized carbons (Fsp3) is 0.200. The molecule has 0 radical (unpaired) electrons. The minimum Gasteiger partial charge on any atom is -0.477 e. The van der Waals surface area contributed by atoms with Crippen LogP contribution in [0.2, 0.25) is 0 Å². The predicted octanol–water partition coefficient (Wildman–Crippen LogP) is 2.20. The number of hydrogen-bond acceptors (Lipinski definition) is 4. The fourth-order valence-electron chi connectivity index (χ4n) is 2.08. The third-order valence-corrected chi connectivity index (χ3v) is 3.07. The van der Waals surface area contributed by atoms with Crippen LogP contribution in [0.5, 0.6) is 5.75 Å². The average molecular weight is 269 g/mol. The first-order valence-corrected chi connectivity index (χ1v) is 6.46. The van der Waals surface area contributed by atoms with E-state index in [0.717, 1.165) is 11.4 Å². The average Bonchev–Trinajstić information content (AvgIpc) is 2.47. The van der Waals surface area contributed by atoms with E-state index < -0.39 is 6.10 Å². The topological polar surface area (TPSA) is 63.2 Å². The Kier molecular flexibility index (Phi) is 3.25. The number of para-hydroxylation sites is 2. The SMILES string of the molecule is Cc1cccc(NC(=O)C2CNc3ccccc3O2)n1.